The lowest BCUT2D eigenvalue weighted by atomic mass is 9.85. The lowest BCUT2D eigenvalue weighted by molar-refractivity contribution is -0.149. The van der Waals surface area contributed by atoms with Gasteiger partial charge in [0.15, 0.2) is 0 Å². The highest BCUT2D eigenvalue weighted by atomic mass is 32.2. The first-order chi connectivity index (χ1) is 7.38. The van der Waals surface area contributed by atoms with Gasteiger partial charge in [-0.2, -0.15) is 4.31 Å². The summed E-state index contributed by atoms with van der Waals surface area (Å²) >= 11 is 0. The molecule has 6 heteroatoms. The minimum Gasteiger partial charge on any atom is -0.481 e. The van der Waals surface area contributed by atoms with E-state index in [2.05, 4.69) is 0 Å². The van der Waals surface area contributed by atoms with Gasteiger partial charge in [-0.25, -0.2) is 8.42 Å². The van der Waals surface area contributed by atoms with Gasteiger partial charge in [0.25, 0.3) is 0 Å². The molecule has 5 nitrogen and oxygen atoms in total. The second kappa shape index (κ2) is 3.70. The highest BCUT2D eigenvalue weighted by molar-refractivity contribution is 7.89. The monoisotopic (exact) mass is 247 g/mol. The molecule has 2 rings (SSSR count). The highest BCUT2D eigenvalue weighted by Gasteiger charge is 2.51. The van der Waals surface area contributed by atoms with Crippen molar-refractivity contribution in [2.75, 3.05) is 12.3 Å². The van der Waals surface area contributed by atoms with E-state index in [9.17, 15) is 18.3 Å². The third-order valence-corrected chi connectivity index (χ3v) is 5.84. The van der Waals surface area contributed by atoms with Crippen LogP contribution in [0.3, 0.4) is 0 Å². The molecule has 16 heavy (non-hydrogen) atoms. The molecule has 0 radical (unpaired) electrons. The Labute approximate surface area is 95.5 Å². The zero-order valence-corrected chi connectivity index (χ0v) is 10.2. The Hall–Kier alpha value is -0.620. The van der Waals surface area contributed by atoms with Crippen LogP contribution < -0.4 is 0 Å². The van der Waals surface area contributed by atoms with Crippen LogP contribution in [-0.2, 0) is 14.8 Å². The van der Waals surface area contributed by atoms with Gasteiger partial charge in [0.1, 0.15) is 0 Å². The molecule has 2 atom stereocenters. The molecule has 92 valence electrons. The Kier molecular flexibility index (Phi) is 2.74. The largest absolute Gasteiger partial charge is 0.481 e. The quantitative estimate of drug-likeness (QED) is 0.778. The molecular formula is C10H17NO4S. The van der Waals surface area contributed by atoms with Gasteiger partial charge in [-0.15, -0.1) is 0 Å². The summed E-state index contributed by atoms with van der Waals surface area (Å²) in [6.07, 6.45) is 2.65. The van der Waals surface area contributed by atoms with Crippen molar-refractivity contribution in [3.8, 4) is 0 Å². The topological polar surface area (TPSA) is 74.7 Å². The van der Waals surface area contributed by atoms with Gasteiger partial charge >= 0.3 is 5.97 Å². The number of aliphatic carboxylic acids is 1. The molecule has 2 aliphatic rings. The number of sulfonamides is 1. The molecule has 0 aromatic heterocycles. The van der Waals surface area contributed by atoms with E-state index < -0.39 is 21.4 Å². The molecule has 1 N–H and O–H groups in total. The molecule has 1 saturated carbocycles. The summed E-state index contributed by atoms with van der Waals surface area (Å²) in [4.78, 5) is 11.3. The summed E-state index contributed by atoms with van der Waals surface area (Å²) in [5, 5.41) is 9.25. The summed E-state index contributed by atoms with van der Waals surface area (Å²) in [7, 11) is -3.21. The average Bonchev–Trinajstić information content (AvgIpc) is 2.69. The van der Waals surface area contributed by atoms with E-state index in [0.29, 0.717) is 25.8 Å². The van der Waals surface area contributed by atoms with Crippen LogP contribution >= 0.6 is 0 Å². The van der Waals surface area contributed by atoms with Gasteiger partial charge in [0.2, 0.25) is 10.0 Å². The predicted molar refractivity (Wildman–Crippen MR) is 58.5 cm³/mol. The predicted octanol–water partition coefficient (Wildman–Crippen LogP) is 0.665. The lowest BCUT2D eigenvalue weighted by Gasteiger charge is -2.33. The van der Waals surface area contributed by atoms with Gasteiger partial charge in [0.05, 0.1) is 11.2 Å². The van der Waals surface area contributed by atoms with E-state index in [-0.39, 0.29) is 11.8 Å². The summed E-state index contributed by atoms with van der Waals surface area (Å²) in [5.41, 5.74) is -0.905. The zero-order chi connectivity index (χ0) is 12.0. The van der Waals surface area contributed by atoms with E-state index in [1.54, 1.807) is 6.92 Å². The fraction of sp³-hybridized carbons (Fsp3) is 0.900. The minimum absolute atomic E-state index is 0.166. The third kappa shape index (κ3) is 1.64. The maximum atomic E-state index is 11.8. The van der Waals surface area contributed by atoms with Crippen LogP contribution in [0.2, 0.25) is 0 Å². The van der Waals surface area contributed by atoms with E-state index in [0.717, 1.165) is 6.42 Å². The van der Waals surface area contributed by atoms with Crippen LogP contribution in [0.25, 0.3) is 0 Å². The van der Waals surface area contributed by atoms with Crippen molar-refractivity contribution in [1.29, 1.82) is 0 Å². The fourth-order valence-corrected chi connectivity index (χ4v) is 4.73. The number of nitrogens with zero attached hydrogens (tertiary/aromatic N) is 1. The van der Waals surface area contributed by atoms with Gasteiger partial charge in [-0.1, -0.05) is 6.42 Å². The fourth-order valence-electron chi connectivity index (χ4n) is 2.87. The minimum atomic E-state index is -3.21. The highest BCUT2D eigenvalue weighted by Crippen LogP contribution is 2.43. The number of carboxylic acid groups (broad SMARTS) is 1. The zero-order valence-electron chi connectivity index (χ0n) is 9.35. The van der Waals surface area contributed by atoms with Crippen LogP contribution in [0, 0.1) is 5.41 Å². The van der Waals surface area contributed by atoms with E-state index in [1.807, 2.05) is 0 Å². The van der Waals surface area contributed by atoms with Gasteiger partial charge in [0, 0.05) is 12.6 Å². The Balaban J connectivity index is 2.31. The summed E-state index contributed by atoms with van der Waals surface area (Å²) in [6.45, 7) is 2.15. The first-order valence-electron chi connectivity index (χ1n) is 5.61. The second-order valence-corrected chi connectivity index (χ2v) is 6.95. The molecule has 0 spiro atoms. The van der Waals surface area contributed by atoms with E-state index in [4.69, 9.17) is 0 Å². The molecule has 1 aliphatic carbocycles. The maximum absolute atomic E-state index is 11.8. The van der Waals surface area contributed by atoms with Crippen molar-refractivity contribution < 1.29 is 18.3 Å². The normalized spacial score (nSPS) is 38.9. The summed E-state index contributed by atoms with van der Waals surface area (Å²) < 4.78 is 25.0. The Morgan fingerprint density at radius 3 is 2.62 bits per heavy atom. The first-order valence-corrected chi connectivity index (χ1v) is 7.22. The molecule has 0 amide bonds. The Morgan fingerprint density at radius 2 is 2.12 bits per heavy atom. The third-order valence-electron chi connectivity index (χ3n) is 3.88. The first kappa shape index (κ1) is 11.9. The van der Waals surface area contributed by atoms with E-state index in [1.165, 1.54) is 4.31 Å². The van der Waals surface area contributed by atoms with Crippen molar-refractivity contribution in [1.82, 2.24) is 4.31 Å². The Bertz CT molecular complexity index is 405. The SMILES string of the molecule is CC1(C(=O)O)CCCC1N1CCCS1(=O)=O. The standard InChI is InChI=1S/C10H17NO4S/c1-10(9(12)13)5-2-4-8(10)11-6-3-7-16(11,14)15/h8H,2-7H2,1H3,(H,12,13). The Morgan fingerprint density at radius 1 is 1.44 bits per heavy atom. The van der Waals surface area contributed by atoms with Gasteiger partial charge in [-0.05, 0) is 26.2 Å². The smallest absolute Gasteiger partial charge is 0.310 e. The number of hydrogen-bond donors (Lipinski definition) is 1. The van der Waals surface area contributed by atoms with Crippen molar-refractivity contribution in [2.24, 2.45) is 5.41 Å². The molecule has 1 aliphatic heterocycles. The number of rotatable bonds is 2. The van der Waals surface area contributed by atoms with Crippen LogP contribution in [0.4, 0.5) is 0 Å². The number of carbonyl (C=O) groups is 1. The lowest BCUT2D eigenvalue weighted by Crippen LogP contribution is -2.47. The number of carboxylic acids is 1. The average molecular weight is 247 g/mol. The van der Waals surface area contributed by atoms with Gasteiger partial charge in [-0.3, -0.25) is 4.79 Å². The van der Waals surface area contributed by atoms with Crippen LogP contribution in [0.15, 0.2) is 0 Å². The van der Waals surface area contributed by atoms with Crippen molar-refractivity contribution in [3.63, 3.8) is 0 Å². The second-order valence-electron chi connectivity index (χ2n) is 4.91. The molecule has 2 fully saturated rings. The van der Waals surface area contributed by atoms with Crippen LogP contribution in [0.5, 0.6) is 0 Å². The summed E-state index contributed by atoms with van der Waals surface area (Å²) in [6, 6.07) is -0.350. The number of hydrogen-bond acceptors (Lipinski definition) is 3. The molecule has 0 bridgehead atoms. The summed E-state index contributed by atoms with van der Waals surface area (Å²) in [5.74, 6) is -0.712. The molecule has 1 heterocycles. The molecular weight excluding hydrogens is 230 g/mol. The van der Waals surface area contributed by atoms with Crippen molar-refractivity contribution in [2.45, 2.75) is 38.6 Å². The molecule has 2 unspecified atom stereocenters. The van der Waals surface area contributed by atoms with Crippen LogP contribution in [0.1, 0.15) is 32.6 Å². The van der Waals surface area contributed by atoms with Crippen molar-refractivity contribution >= 4 is 16.0 Å². The molecule has 0 aromatic carbocycles. The van der Waals surface area contributed by atoms with E-state index >= 15 is 0 Å². The molecule has 0 aromatic rings. The van der Waals surface area contributed by atoms with Crippen molar-refractivity contribution in [3.05, 3.63) is 0 Å². The van der Waals surface area contributed by atoms with Gasteiger partial charge < -0.3 is 5.11 Å². The molecule has 1 saturated heterocycles. The van der Waals surface area contributed by atoms with Crippen LogP contribution in [-0.4, -0.2) is 42.1 Å². The maximum Gasteiger partial charge on any atom is 0.310 e.